The van der Waals surface area contributed by atoms with Crippen LogP contribution in [0, 0.1) is 5.82 Å². The number of nitrogens with one attached hydrogen (secondary N) is 1. The lowest BCUT2D eigenvalue weighted by Crippen LogP contribution is -2.30. The monoisotopic (exact) mass is 322 g/mol. The molecule has 100 valence electrons. The number of aromatic nitrogens is 1. The van der Waals surface area contributed by atoms with Crippen LogP contribution in [0.25, 0.3) is 0 Å². The van der Waals surface area contributed by atoms with Crippen molar-refractivity contribution in [3.05, 3.63) is 64.1 Å². The van der Waals surface area contributed by atoms with Crippen molar-refractivity contribution < 1.29 is 4.39 Å². The molecule has 1 heterocycles. The summed E-state index contributed by atoms with van der Waals surface area (Å²) in [6.45, 7) is 0. The highest BCUT2D eigenvalue weighted by Gasteiger charge is 2.12. The van der Waals surface area contributed by atoms with Crippen LogP contribution in [0.15, 0.2) is 47.2 Å². The van der Waals surface area contributed by atoms with Crippen molar-refractivity contribution in [1.82, 2.24) is 10.3 Å². The van der Waals surface area contributed by atoms with Crippen molar-refractivity contribution in [2.24, 2.45) is 0 Å². The summed E-state index contributed by atoms with van der Waals surface area (Å²) in [6.07, 6.45) is 5.08. The maximum absolute atomic E-state index is 13.7. The Morgan fingerprint density at radius 3 is 2.84 bits per heavy atom. The Bertz CT molecular complexity index is 531. The van der Waals surface area contributed by atoms with Crippen LogP contribution in [-0.2, 0) is 12.8 Å². The second-order valence-corrected chi connectivity index (χ2v) is 5.41. The maximum atomic E-state index is 13.7. The predicted octanol–water partition coefficient (Wildman–Crippen LogP) is 3.36. The molecule has 0 saturated carbocycles. The van der Waals surface area contributed by atoms with Crippen molar-refractivity contribution >= 4 is 15.9 Å². The number of hydrogen-bond acceptors (Lipinski definition) is 2. The first-order valence-corrected chi connectivity index (χ1v) is 6.98. The van der Waals surface area contributed by atoms with Gasteiger partial charge in [0.2, 0.25) is 0 Å². The maximum Gasteiger partial charge on any atom is 0.126 e. The molecule has 0 spiro atoms. The zero-order chi connectivity index (χ0) is 13.7. The number of rotatable bonds is 5. The highest BCUT2D eigenvalue weighted by atomic mass is 79.9. The third-order valence-electron chi connectivity index (χ3n) is 3.09. The molecule has 0 saturated heterocycles. The molecule has 0 bridgehead atoms. The predicted molar refractivity (Wildman–Crippen MR) is 78.6 cm³/mol. The molecular weight excluding hydrogens is 307 g/mol. The first-order valence-electron chi connectivity index (χ1n) is 6.19. The molecule has 2 nitrogen and oxygen atoms in total. The van der Waals surface area contributed by atoms with E-state index in [1.165, 1.54) is 6.07 Å². The Morgan fingerprint density at radius 1 is 1.32 bits per heavy atom. The largest absolute Gasteiger partial charge is 0.316 e. The molecule has 0 aliphatic rings. The smallest absolute Gasteiger partial charge is 0.126 e. The minimum absolute atomic E-state index is 0.158. The molecule has 4 heteroatoms. The van der Waals surface area contributed by atoms with E-state index in [0.29, 0.717) is 6.42 Å². The Kier molecular flexibility index (Phi) is 5.05. The van der Waals surface area contributed by atoms with Crippen LogP contribution in [0.3, 0.4) is 0 Å². The topological polar surface area (TPSA) is 24.9 Å². The highest BCUT2D eigenvalue weighted by molar-refractivity contribution is 9.10. The molecule has 1 aromatic heterocycles. The van der Waals surface area contributed by atoms with Gasteiger partial charge in [0.25, 0.3) is 0 Å². The molecule has 1 atom stereocenters. The average Bonchev–Trinajstić information content (AvgIpc) is 2.43. The number of hydrogen-bond donors (Lipinski definition) is 1. The van der Waals surface area contributed by atoms with Gasteiger partial charge in [-0.2, -0.15) is 0 Å². The minimum atomic E-state index is -0.158. The SMILES string of the molecule is CNC(Cc1cccnc1)Cc1cc(Br)ccc1F. The van der Waals surface area contributed by atoms with Gasteiger partial charge in [-0.1, -0.05) is 22.0 Å². The molecule has 2 aromatic rings. The summed E-state index contributed by atoms with van der Waals surface area (Å²) in [6, 6.07) is 9.19. The van der Waals surface area contributed by atoms with Crippen LogP contribution in [0.2, 0.25) is 0 Å². The number of likely N-dealkylation sites (N-methyl/N-ethyl adjacent to an activating group) is 1. The number of halogens is 2. The zero-order valence-corrected chi connectivity index (χ0v) is 12.3. The van der Waals surface area contributed by atoms with Crippen molar-refractivity contribution in [2.45, 2.75) is 18.9 Å². The molecule has 0 radical (unpaired) electrons. The van der Waals surface area contributed by atoms with Crippen LogP contribution in [0.5, 0.6) is 0 Å². The standard InChI is InChI=1S/C15H16BrFN2/c1-18-14(7-11-3-2-6-19-10-11)9-12-8-13(16)4-5-15(12)17/h2-6,8,10,14,18H,7,9H2,1H3. The van der Waals surface area contributed by atoms with Crippen LogP contribution < -0.4 is 5.32 Å². The van der Waals surface area contributed by atoms with Crippen LogP contribution >= 0.6 is 15.9 Å². The van der Waals surface area contributed by atoms with Crippen molar-refractivity contribution in [3.63, 3.8) is 0 Å². The summed E-state index contributed by atoms with van der Waals surface area (Å²) >= 11 is 3.38. The van der Waals surface area contributed by atoms with Gasteiger partial charge in [0.15, 0.2) is 0 Å². The Hall–Kier alpha value is -1.26. The van der Waals surface area contributed by atoms with Gasteiger partial charge in [-0.25, -0.2) is 4.39 Å². The highest BCUT2D eigenvalue weighted by Crippen LogP contribution is 2.18. The average molecular weight is 323 g/mol. The van der Waals surface area contributed by atoms with E-state index < -0.39 is 0 Å². The van der Waals surface area contributed by atoms with E-state index in [1.54, 1.807) is 12.3 Å². The van der Waals surface area contributed by atoms with Gasteiger partial charge < -0.3 is 5.32 Å². The molecule has 0 aliphatic heterocycles. The Balaban J connectivity index is 2.09. The summed E-state index contributed by atoms with van der Waals surface area (Å²) < 4.78 is 14.6. The third kappa shape index (κ3) is 4.11. The van der Waals surface area contributed by atoms with Gasteiger partial charge >= 0.3 is 0 Å². The van der Waals surface area contributed by atoms with Crippen LogP contribution in [0.1, 0.15) is 11.1 Å². The molecule has 0 amide bonds. The summed E-state index contributed by atoms with van der Waals surface area (Å²) in [5.74, 6) is -0.158. The van der Waals surface area contributed by atoms with E-state index in [4.69, 9.17) is 0 Å². The second-order valence-electron chi connectivity index (χ2n) is 4.49. The fraction of sp³-hybridized carbons (Fsp3) is 0.267. The molecule has 1 aromatic carbocycles. The van der Waals surface area contributed by atoms with E-state index in [2.05, 4.69) is 26.2 Å². The van der Waals surface area contributed by atoms with Crippen LogP contribution in [-0.4, -0.2) is 18.1 Å². The molecule has 0 fully saturated rings. The lowest BCUT2D eigenvalue weighted by molar-refractivity contribution is 0.531. The molecule has 0 aliphatic carbocycles. The Morgan fingerprint density at radius 2 is 2.16 bits per heavy atom. The lowest BCUT2D eigenvalue weighted by Gasteiger charge is -2.16. The summed E-state index contributed by atoms with van der Waals surface area (Å²) in [5, 5.41) is 3.24. The molecule has 1 unspecified atom stereocenters. The molecular formula is C15H16BrFN2. The molecule has 19 heavy (non-hydrogen) atoms. The van der Waals surface area contributed by atoms with Gasteiger partial charge in [-0.15, -0.1) is 0 Å². The number of pyridine rings is 1. The fourth-order valence-corrected chi connectivity index (χ4v) is 2.45. The lowest BCUT2D eigenvalue weighted by atomic mass is 10.00. The first kappa shape index (κ1) is 14.2. The normalized spacial score (nSPS) is 12.4. The van der Waals surface area contributed by atoms with E-state index >= 15 is 0 Å². The molecule has 1 N–H and O–H groups in total. The Labute approximate surface area is 121 Å². The van der Waals surface area contributed by atoms with Crippen molar-refractivity contribution in [3.8, 4) is 0 Å². The van der Waals surface area contributed by atoms with E-state index in [1.807, 2.05) is 31.4 Å². The van der Waals surface area contributed by atoms with Gasteiger partial charge in [-0.05, 0) is 55.3 Å². The zero-order valence-electron chi connectivity index (χ0n) is 10.7. The summed E-state index contributed by atoms with van der Waals surface area (Å²) in [4.78, 5) is 4.10. The summed E-state index contributed by atoms with van der Waals surface area (Å²) in [7, 11) is 1.90. The van der Waals surface area contributed by atoms with Crippen LogP contribution in [0.4, 0.5) is 4.39 Å². The van der Waals surface area contributed by atoms with E-state index in [0.717, 1.165) is 22.0 Å². The van der Waals surface area contributed by atoms with E-state index in [9.17, 15) is 4.39 Å². The van der Waals surface area contributed by atoms with E-state index in [-0.39, 0.29) is 11.9 Å². The van der Waals surface area contributed by atoms with Crippen molar-refractivity contribution in [1.29, 1.82) is 0 Å². The fourth-order valence-electron chi connectivity index (χ4n) is 2.04. The number of nitrogens with zero attached hydrogens (tertiary/aromatic N) is 1. The third-order valence-corrected chi connectivity index (χ3v) is 3.58. The second kappa shape index (κ2) is 6.78. The minimum Gasteiger partial charge on any atom is -0.316 e. The van der Waals surface area contributed by atoms with Gasteiger partial charge in [0.1, 0.15) is 5.82 Å². The summed E-state index contributed by atoms with van der Waals surface area (Å²) in [5.41, 5.74) is 1.87. The quantitative estimate of drug-likeness (QED) is 0.913. The van der Waals surface area contributed by atoms with Gasteiger partial charge in [0.05, 0.1) is 0 Å². The van der Waals surface area contributed by atoms with Gasteiger partial charge in [-0.3, -0.25) is 4.98 Å². The number of benzene rings is 1. The first-order chi connectivity index (χ1) is 9.19. The molecule has 2 rings (SSSR count). The van der Waals surface area contributed by atoms with Gasteiger partial charge in [0, 0.05) is 22.9 Å². The van der Waals surface area contributed by atoms with Crippen molar-refractivity contribution in [2.75, 3.05) is 7.05 Å².